The van der Waals surface area contributed by atoms with Gasteiger partial charge in [0.1, 0.15) is 0 Å². The number of nitrogens with one attached hydrogen (secondary N) is 2. The van der Waals surface area contributed by atoms with E-state index in [1.807, 2.05) is 0 Å². The summed E-state index contributed by atoms with van der Waals surface area (Å²) in [6.45, 7) is 6.40. The SMILES string of the molecule is C[C@@H](CCO)NCCN[C@@H](C)CCO. The van der Waals surface area contributed by atoms with Crippen molar-refractivity contribution in [3.05, 3.63) is 0 Å². The average molecular weight is 204 g/mol. The van der Waals surface area contributed by atoms with Gasteiger partial charge in [-0.25, -0.2) is 0 Å². The summed E-state index contributed by atoms with van der Waals surface area (Å²) in [5.74, 6) is 0. The van der Waals surface area contributed by atoms with Crippen molar-refractivity contribution in [2.45, 2.75) is 38.8 Å². The summed E-state index contributed by atoms with van der Waals surface area (Å²) in [4.78, 5) is 0. The fourth-order valence-corrected chi connectivity index (χ4v) is 1.23. The zero-order valence-corrected chi connectivity index (χ0v) is 9.29. The second-order valence-electron chi connectivity index (χ2n) is 3.73. The van der Waals surface area contributed by atoms with Crippen LogP contribution in [-0.4, -0.2) is 48.6 Å². The Labute approximate surface area is 86.7 Å². The van der Waals surface area contributed by atoms with E-state index < -0.39 is 0 Å². The minimum Gasteiger partial charge on any atom is -0.396 e. The van der Waals surface area contributed by atoms with Gasteiger partial charge in [-0.3, -0.25) is 0 Å². The maximum atomic E-state index is 8.67. The van der Waals surface area contributed by atoms with Crippen molar-refractivity contribution < 1.29 is 10.2 Å². The Morgan fingerprint density at radius 1 is 0.857 bits per heavy atom. The van der Waals surface area contributed by atoms with Gasteiger partial charge in [-0.1, -0.05) is 0 Å². The van der Waals surface area contributed by atoms with Gasteiger partial charge in [0.15, 0.2) is 0 Å². The molecule has 86 valence electrons. The van der Waals surface area contributed by atoms with Crippen molar-refractivity contribution in [3.63, 3.8) is 0 Å². The lowest BCUT2D eigenvalue weighted by Crippen LogP contribution is -2.37. The summed E-state index contributed by atoms with van der Waals surface area (Å²) < 4.78 is 0. The highest BCUT2D eigenvalue weighted by Gasteiger charge is 2.01. The van der Waals surface area contributed by atoms with Crippen molar-refractivity contribution in [2.75, 3.05) is 26.3 Å². The van der Waals surface area contributed by atoms with Crippen LogP contribution in [0.25, 0.3) is 0 Å². The van der Waals surface area contributed by atoms with Gasteiger partial charge in [0.25, 0.3) is 0 Å². The average Bonchev–Trinajstić information content (AvgIpc) is 2.13. The van der Waals surface area contributed by atoms with E-state index in [0.29, 0.717) is 12.1 Å². The van der Waals surface area contributed by atoms with Crippen LogP contribution in [-0.2, 0) is 0 Å². The first-order chi connectivity index (χ1) is 6.70. The lowest BCUT2D eigenvalue weighted by molar-refractivity contribution is 0.263. The van der Waals surface area contributed by atoms with E-state index in [9.17, 15) is 0 Å². The van der Waals surface area contributed by atoms with Gasteiger partial charge < -0.3 is 20.8 Å². The first-order valence-electron chi connectivity index (χ1n) is 5.39. The molecular formula is C10H24N2O2. The Morgan fingerprint density at radius 2 is 1.21 bits per heavy atom. The third-order valence-electron chi connectivity index (χ3n) is 2.23. The smallest absolute Gasteiger partial charge is 0.0445 e. The molecule has 4 heteroatoms. The summed E-state index contributed by atoms with van der Waals surface area (Å²) in [6.07, 6.45) is 1.60. The highest BCUT2D eigenvalue weighted by molar-refractivity contribution is 4.64. The molecule has 0 fully saturated rings. The largest absolute Gasteiger partial charge is 0.396 e. The van der Waals surface area contributed by atoms with Crippen LogP contribution >= 0.6 is 0 Å². The normalized spacial score (nSPS) is 15.4. The Morgan fingerprint density at radius 3 is 1.50 bits per heavy atom. The number of aliphatic hydroxyl groups excluding tert-OH is 2. The molecule has 0 unspecified atom stereocenters. The molecule has 4 nitrogen and oxygen atoms in total. The molecule has 0 spiro atoms. The predicted octanol–water partition coefficient (Wildman–Crippen LogP) is -0.293. The molecule has 0 aliphatic heterocycles. The van der Waals surface area contributed by atoms with Crippen LogP contribution in [0.3, 0.4) is 0 Å². The molecule has 0 aromatic rings. The van der Waals surface area contributed by atoms with Crippen LogP contribution in [0.2, 0.25) is 0 Å². The van der Waals surface area contributed by atoms with E-state index in [4.69, 9.17) is 10.2 Å². The molecular weight excluding hydrogens is 180 g/mol. The van der Waals surface area contributed by atoms with Crippen LogP contribution in [0, 0.1) is 0 Å². The zero-order chi connectivity index (χ0) is 10.8. The summed E-state index contributed by atoms with van der Waals surface area (Å²) in [5.41, 5.74) is 0. The summed E-state index contributed by atoms with van der Waals surface area (Å²) in [5, 5.41) is 23.9. The van der Waals surface area contributed by atoms with Gasteiger partial charge in [0.2, 0.25) is 0 Å². The third-order valence-corrected chi connectivity index (χ3v) is 2.23. The van der Waals surface area contributed by atoms with Crippen molar-refractivity contribution in [1.29, 1.82) is 0 Å². The van der Waals surface area contributed by atoms with Gasteiger partial charge in [0.05, 0.1) is 0 Å². The van der Waals surface area contributed by atoms with Crippen molar-refractivity contribution in [3.8, 4) is 0 Å². The highest BCUT2D eigenvalue weighted by atomic mass is 16.3. The highest BCUT2D eigenvalue weighted by Crippen LogP contribution is 1.88. The molecule has 0 saturated heterocycles. The molecule has 0 aromatic carbocycles. The van der Waals surface area contributed by atoms with Gasteiger partial charge in [-0.05, 0) is 26.7 Å². The first kappa shape index (κ1) is 13.8. The minimum atomic E-state index is 0.239. The molecule has 0 aromatic heterocycles. The van der Waals surface area contributed by atoms with Crippen LogP contribution in [0.5, 0.6) is 0 Å². The maximum Gasteiger partial charge on any atom is 0.0445 e. The third kappa shape index (κ3) is 8.44. The molecule has 0 aliphatic carbocycles. The Bertz CT molecular complexity index is 109. The van der Waals surface area contributed by atoms with Crippen molar-refractivity contribution >= 4 is 0 Å². The van der Waals surface area contributed by atoms with Crippen LogP contribution in [0.15, 0.2) is 0 Å². The molecule has 14 heavy (non-hydrogen) atoms. The predicted molar refractivity (Wildman–Crippen MR) is 58.3 cm³/mol. The summed E-state index contributed by atoms with van der Waals surface area (Å²) in [7, 11) is 0. The van der Waals surface area contributed by atoms with Crippen molar-refractivity contribution in [1.82, 2.24) is 10.6 Å². The standard InChI is InChI=1S/C10H24N2O2/c1-9(3-7-13)11-5-6-12-10(2)4-8-14/h9-14H,3-8H2,1-2H3/t9-,10-/m0/s1. The Balaban J connectivity index is 3.19. The van der Waals surface area contributed by atoms with E-state index in [0.717, 1.165) is 25.9 Å². The lowest BCUT2D eigenvalue weighted by Gasteiger charge is -2.15. The molecule has 0 radical (unpaired) electrons. The van der Waals surface area contributed by atoms with Crippen LogP contribution in [0.1, 0.15) is 26.7 Å². The maximum absolute atomic E-state index is 8.67. The summed E-state index contributed by atoms with van der Waals surface area (Å²) in [6, 6.07) is 0.741. The van der Waals surface area contributed by atoms with Gasteiger partial charge in [-0.15, -0.1) is 0 Å². The zero-order valence-electron chi connectivity index (χ0n) is 9.29. The van der Waals surface area contributed by atoms with Crippen LogP contribution in [0.4, 0.5) is 0 Å². The van der Waals surface area contributed by atoms with E-state index >= 15 is 0 Å². The van der Waals surface area contributed by atoms with E-state index in [1.54, 1.807) is 0 Å². The molecule has 4 N–H and O–H groups in total. The van der Waals surface area contributed by atoms with E-state index in [1.165, 1.54) is 0 Å². The fraction of sp³-hybridized carbons (Fsp3) is 1.00. The Kier molecular flexibility index (Phi) is 9.29. The Hall–Kier alpha value is -0.160. The van der Waals surface area contributed by atoms with Gasteiger partial charge >= 0.3 is 0 Å². The van der Waals surface area contributed by atoms with Crippen LogP contribution < -0.4 is 10.6 Å². The van der Waals surface area contributed by atoms with E-state index in [-0.39, 0.29) is 13.2 Å². The number of rotatable bonds is 9. The lowest BCUT2D eigenvalue weighted by atomic mass is 10.2. The fourth-order valence-electron chi connectivity index (χ4n) is 1.23. The number of hydrogen-bond donors (Lipinski definition) is 4. The van der Waals surface area contributed by atoms with Crippen molar-refractivity contribution in [2.24, 2.45) is 0 Å². The summed E-state index contributed by atoms with van der Waals surface area (Å²) >= 11 is 0. The molecule has 2 atom stereocenters. The molecule has 0 amide bonds. The molecule has 0 heterocycles. The molecule has 0 aliphatic rings. The van der Waals surface area contributed by atoms with Gasteiger partial charge in [0, 0.05) is 38.4 Å². The number of hydrogen-bond acceptors (Lipinski definition) is 4. The molecule has 0 saturated carbocycles. The van der Waals surface area contributed by atoms with E-state index in [2.05, 4.69) is 24.5 Å². The molecule has 0 rings (SSSR count). The molecule has 0 bridgehead atoms. The monoisotopic (exact) mass is 204 g/mol. The second kappa shape index (κ2) is 9.40. The van der Waals surface area contributed by atoms with Gasteiger partial charge in [-0.2, -0.15) is 0 Å². The second-order valence-corrected chi connectivity index (χ2v) is 3.73. The topological polar surface area (TPSA) is 64.5 Å². The quantitative estimate of drug-likeness (QED) is 0.390. The first-order valence-corrected chi connectivity index (χ1v) is 5.39. The number of aliphatic hydroxyl groups is 2. The minimum absolute atomic E-state index is 0.239.